The zero-order valence-corrected chi connectivity index (χ0v) is 11.2. The first kappa shape index (κ1) is 14.7. The first-order valence-electron chi connectivity index (χ1n) is 5.94. The molecule has 1 aromatic rings. The molecule has 0 unspecified atom stereocenters. The van der Waals surface area contributed by atoms with Crippen LogP contribution in [-0.2, 0) is 7.05 Å². The van der Waals surface area contributed by atoms with Crippen LogP contribution in [0.5, 0.6) is 0 Å². The molecule has 1 aromatic heterocycles. The van der Waals surface area contributed by atoms with Gasteiger partial charge in [0, 0.05) is 13.2 Å². The summed E-state index contributed by atoms with van der Waals surface area (Å²) < 4.78 is 1.85. The summed E-state index contributed by atoms with van der Waals surface area (Å²) in [5, 5.41) is 4.07. The predicted molar refractivity (Wildman–Crippen MR) is 72.3 cm³/mol. The van der Waals surface area contributed by atoms with Crippen molar-refractivity contribution < 1.29 is 0 Å². The Balaban J connectivity index is 0.000000487. The molecule has 90 valence electrons. The number of allylic oxidation sites excluding steroid dienone is 3. The summed E-state index contributed by atoms with van der Waals surface area (Å²) in [6.45, 7) is 8.47. The first-order valence-corrected chi connectivity index (χ1v) is 5.94. The van der Waals surface area contributed by atoms with E-state index in [0.29, 0.717) is 0 Å². The van der Waals surface area contributed by atoms with Crippen LogP contribution in [0.2, 0.25) is 0 Å². The lowest BCUT2D eigenvalue weighted by Gasteiger charge is -1.93. The van der Waals surface area contributed by atoms with Gasteiger partial charge < -0.3 is 0 Å². The quantitative estimate of drug-likeness (QED) is 0.698. The second-order valence-electron chi connectivity index (χ2n) is 3.75. The zero-order valence-electron chi connectivity index (χ0n) is 11.2. The molecule has 1 heterocycles. The van der Waals surface area contributed by atoms with Gasteiger partial charge in [-0.2, -0.15) is 5.10 Å². The van der Waals surface area contributed by atoms with Gasteiger partial charge in [-0.1, -0.05) is 44.4 Å². The third-order valence-corrected chi connectivity index (χ3v) is 2.33. The molecule has 0 atom stereocenters. The summed E-state index contributed by atoms with van der Waals surface area (Å²) in [6, 6.07) is 1.99. The van der Waals surface area contributed by atoms with Gasteiger partial charge in [0.2, 0.25) is 0 Å². The molecule has 0 aromatic carbocycles. The van der Waals surface area contributed by atoms with Crippen molar-refractivity contribution >= 4 is 6.08 Å². The summed E-state index contributed by atoms with van der Waals surface area (Å²) in [6.07, 6.45) is 10.6. The molecular weight excluding hydrogens is 196 g/mol. The Morgan fingerprint density at radius 3 is 2.38 bits per heavy atom. The number of hydrogen-bond acceptors (Lipinski definition) is 1. The van der Waals surface area contributed by atoms with Crippen molar-refractivity contribution in [2.24, 2.45) is 7.05 Å². The topological polar surface area (TPSA) is 17.8 Å². The van der Waals surface area contributed by atoms with E-state index in [9.17, 15) is 0 Å². The molecule has 0 saturated carbocycles. The molecule has 0 amide bonds. The number of nitrogens with zero attached hydrogens (tertiary/aromatic N) is 2. The van der Waals surface area contributed by atoms with Gasteiger partial charge in [0.15, 0.2) is 0 Å². The lowest BCUT2D eigenvalue weighted by molar-refractivity contribution is 0.759. The normalized spacial score (nSPS) is 11.4. The lowest BCUT2D eigenvalue weighted by Crippen LogP contribution is -1.91. The maximum Gasteiger partial charge on any atom is 0.0606 e. The van der Waals surface area contributed by atoms with Crippen molar-refractivity contribution in [2.75, 3.05) is 0 Å². The van der Waals surface area contributed by atoms with Gasteiger partial charge in [-0.25, -0.2) is 0 Å². The highest BCUT2D eigenvalue weighted by Crippen LogP contribution is 2.02. The van der Waals surface area contributed by atoms with Crippen molar-refractivity contribution in [3.05, 3.63) is 35.7 Å². The van der Waals surface area contributed by atoms with Crippen molar-refractivity contribution in [3.8, 4) is 0 Å². The molecule has 2 heteroatoms. The van der Waals surface area contributed by atoms with Crippen LogP contribution >= 0.6 is 0 Å². The highest BCUT2D eigenvalue weighted by atomic mass is 15.2. The molecule has 0 aliphatic heterocycles. The van der Waals surface area contributed by atoms with Crippen LogP contribution in [0.3, 0.4) is 0 Å². The Morgan fingerprint density at radius 1 is 1.38 bits per heavy atom. The van der Waals surface area contributed by atoms with Crippen LogP contribution in [-0.4, -0.2) is 9.78 Å². The molecular formula is C14H24N2. The van der Waals surface area contributed by atoms with Gasteiger partial charge in [-0.15, -0.1) is 0 Å². The van der Waals surface area contributed by atoms with Crippen LogP contribution in [0.4, 0.5) is 0 Å². The molecule has 0 spiro atoms. The SMILES string of the molecule is C/C=C(C)\C=C/c1ccnn1C.CCCC. The van der Waals surface area contributed by atoms with Crippen LogP contribution in [0.25, 0.3) is 6.08 Å². The largest absolute Gasteiger partial charge is 0.269 e. The van der Waals surface area contributed by atoms with E-state index < -0.39 is 0 Å². The summed E-state index contributed by atoms with van der Waals surface area (Å²) in [5.74, 6) is 0. The molecule has 0 bridgehead atoms. The Kier molecular flexibility index (Phi) is 8.22. The predicted octanol–water partition coefficient (Wildman–Crippen LogP) is 4.21. The Labute approximate surface area is 99.7 Å². The lowest BCUT2D eigenvalue weighted by atomic mass is 10.2. The maximum absolute atomic E-state index is 4.07. The first-order chi connectivity index (χ1) is 7.65. The third kappa shape index (κ3) is 6.23. The van der Waals surface area contributed by atoms with Gasteiger partial charge in [0.1, 0.15) is 0 Å². The molecule has 2 nitrogen and oxygen atoms in total. The minimum absolute atomic E-state index is 1.12. The Hall–Kier alpha value is -1.31. The van der Waals surface area contributed by atoms with Gasteiger partial charge in [0.25, 0.3) is 0 Å². The van der Waals surface area contributed by atoms with E-state index in [4.69, 9.17) is 0 Å². The summed E-state index contributed by atoms with van der Waals surface area (Å²) in [4.78, 5) is 0. The van der Waals surface area contributed by atoms with Crippen LogP contribution in [0.1, 0.15) is 46.2 Å². The number of unbranched alkanes of at least 4 members (excludes halogenated alkanes) is 1. The van der Waals surface area contributed by atoms with Gasteiger partial charge >= 0.3 is 0 Å². The van der Waals surface area contributed by atoms with E-state index in [0.717, 1.165) is 5.69 Å². The molecule has 1 rings (SSSR count). The number of aryl methyl sites for hydroxylation is 1. The van der Waals surface area contributed by atoms with Crippen LogP contribution < -0.4 is 0 Å². The fraction of sp³-hybridized carbons (Fsp3) is 0.500. The van der Waals surface area contributed by atoms with Gasteiger partial charge in [-0.3, -0.25) is 4.68 Å². The minimum atomic E-state index is 1.12. The average Bonchev–Trinajstić information content (AvgIpc) is 2.72. The maximum atomic E-state index is 4.07. The van der Waals surface area contributed by atoms with Crippen molar-refractivity contribution in [2.45, 2.75) is 40.5 Å². The molecule has 0 aliphatic carbocycles. The van der Waals surface area contributed by atoms with Crippen LogP contribution in [0.15, 0.2) is 30.0 Å². The summed E-state index contributed by atoms with van der Waals surface area (Å²) >= 11 is 0. The van der Waals surface area contributed by atoms with Crippen molar-refractivity contribution in [1.82, 2.24) is 9.78 Å². The number of rotatable bonds is 3. The fourth-order valence-corrected chi connectivity index (χ4v) is 0.861. The number of aromatic nitrogens is 2. The third-order valence-electron chi connectivity index (χ3n) is 2.33. The molecule has 0 saturated heterocycles. The van der Waals surface area contributed by atoms with Gasteiger partial charge in [-0.05, 0) is 26.0 Å². The van der Waals surface area contributed by atoms with E-state index in [1.807, 2.05) is 24.7 Å². The fourth-order valence-electron chi connectivity index (χ4n) is 0.861. The van der Waals surface area contributed by atoms with E-state index in [1.165, 1.54) is 18.4 Å². The Morgan fingerprint density at radius 2 is 2.00 bits per heavy atom. The highest BCUT2D eigenvalue weighted by molar-refractivity contribution is 5.48. The monoisotopic (exact) mass is 220 g/mol. The van der Waals surface area contributed by atoms with Crippen molar-refractivity contribution in [3.63, 3.8) is 0 Å². The van der Waals surface area contributed by atoms with E-state index in [2.05, 4.69) is 44.1 Å². The van der Waals surface area contributed by atoms with E-state index >= 15 is 0 Å². The zero-order chi connectivity index (χ0) is 12.4. The summed E-state index contributed by atoms with van der Waals surface area (Å²) in [7, 11) is 1.94. The van der Waals surface area contributed by atoms with Crippen molar-refractivity contribution in [1.29, 1.82) is 0 Å². The highest BCUT2D eigenvalue weighted by Gasteiger charge is 1.90. The molecule has 0 radical (unpaired) electrons. The standard InChI is InChI=1S/C10H14N2.C4H10/c1-4-9(2)5-6-10-7-8-11-12(10)3;1-3-4-2/h4-8H,1-3H3;3-4H2,1-2H3/b6-5-,9-4-;. The second kappa shape index (κ2) is 8.96. The molecule has 16 heavy (non-hydrogen) atoms. The van der Waals surface area contributed by atoms with E-state index in [1.54, 1.807) is 6.20 Å². The summed E-state index contributed by atoms with van der Waals surface area (Å²) in [5.41, 5.74) is 2.38. The van der Waals surface area contributed by atoms with Gasteiger partial charge in [0.05, 0.1) is 5.69 Å². The molecule has 0 aliphatic rings. The van der Waals surface area contributed by atoms with Crippen LogP contribution in [0, 0.1) is 0 Å². The van der Waals surface area contributed by atoms with E-state index in [-0.39, 0.29) is 0 Å². The number of hydrogen-bond donors (Lipinski definition) is 0. The second-order valence-corrected chi connectivity index (χ2v) is 3.75. The Bertz CT molecular complexity index is 330. The molecule has 0 fully saturated rings. The smallest absolute Gasteiger partial charge is 0.0606 e. The minimum Gasteiger partial charge on any atom is -0.269 e. The molecule has 0 N–H and O–H groups in total. The average molecular weight is 220 g/mol.